The smallest absolute Gasteiger partial charge is 0.261 e. The van der Waals surface area contributed by atoms with E-state index < -0.39 is 6.04 Å². The number of rotatable bonds is 10. The van der Waals surface area contributed by atoms with Gasteiger partial charge in [0.05, 0.1) is 6.61 Å². The van der Waals surface area contributed by atoms with Gasteiger partial charge >= 0.3 is 0 Å². The molecule has 6 nitrogen and oxygen atoms in total. The van der Waals surface area contributed by atoms with Crippen molar-refractivity contribution >= 4 is 11.8 Å². The number of benzene rings is 3. The summed E-state index contributed by atoms with van der Waals surface area (Å²) in [5.41, 5.74) is 1.58. The molecule has 2 amide bonds. The minimum atomic E-state index is -0.861. The first-order chi connectivity index (χ1) is 15.2. The van der Waals surface area contributed by atoms with E-state index in [0.29, 0.717) is 11.3 Å². The SMILES string of the molecule is O=C(NCCO)[C@@H](c1ccccc1)N(Cc1ccccc1)C(=O)COc1ccccc1. The zero-order valence-corrected chi connectivity index (χ0v) is 17.2. The molecule has 0 aliphatic rings. The molecule has 3 aromatic carbocycles. The third-order valence-corrected chi connectivity index (χ3v) is 4.71. The highest BCUT2D eigenvalue weighted by Crippen LogP contribution is 2.24. The second kappa shape index (κ2) is 11.5. The zero-order chi connectivity index (χ0) is 21.9. The highest BCUT2D eigenvalue weighted by atomic mass is 16.5. The predicted octanol–water partition coefficient (Wildman–Crippen LogP) is 2.94. The normalized spacial score (nSPS) is 11.4. The Morgan fingerprint density at radius 1 is 0.871 bits per heavy atom. The second-order valence-corrected chi connectivity index (χ2v) is 6.94. The van der Waals surface area contributed by atoms with E-state index in [4.69, 9.17) is 9.84 Å². The number of carbonyl (C=O) groups is 2. The van der Waals surface area contributed by atoms with Crippen molar-refractivity contribution in [2.24, 2.45) is 0 Å². The molecule has 0 saturated carbocycles. The fourth-order valence-electron chi connectivity index (χ4n) is 3.23. The minimum absolute atomic E-state index is 0.107. The molecule has 0 unspecified atom stereocenters. The summed E-state index contributed by atoms with van der Waals surface area (Å²) >= 11 is 0. The van der Waals surface area contributed by atoms with Crippen LogP contribution in [0.2, 0.25) is 0 Å². The quantitative estimate of drug-likeness (QED) is 0.531. The minimum Gasteiger partial charge on any atom is -0.484 e. The fraction of sp³-hybridized carbons (Fsp3) is 0.200. The van der Waals surface area contributed by atoms with E-state index in [1.807, 2.05) is 78.9 Å². The molecule has 0 radical (unpaired) electrons. The van der Waals surface area contributed by atoms with Crippen molar-refractivity contribution in [3.05, 3.63) is 102 Å². The summed E-state index contributed by atoms with van der Waals surface area (Å²) < 4.78 is 5.67. The van der Waals surface area contributed by atoms with Gasteiger partial charge in [-0.1, -0.05) is 78.9 Å². The monoisotopic (exact) mass is 418 g/mol. The lowest BCUT2D eigenvalue weighted by atomic mass is 10.0. The van der Waals surface area contributed by atoms with Crippen LogP contribution in [-0.2, 0) is 16.1 Å². The fourth-order valence-corrected chi connectivity index (χ4v) is 3.23. The van der Waals surface area contributed by atoms with E-state index in [9.17, 15) is 9.59 Å². The Hall–Kier alpha value is -3.64. The molecule has 0 aromatic heterocycles. The number of amides is 2. The third kappa shape index (κ3) is 6.42. The van der Waals surface area contributed by atoms with Crippen molar-refractivity contribution in [3.8, 4) is 5.75 Å². The lowest BCUT2D eigenvalue weighted by molar-refractivity contribution is -0.143. The van der Waals surface area contributed by atoms with Crippen molar-refractivity contribution in [1.29, 1.82) is 0 Å². The molecule has 2 N–H and O–H groups in total. The Bertz CT molecular complexity index is 949. The van der Waals surface area contributed by atoms with Gasteiger partial charge in [0, 0.05) is 13.1 Å². The first kappa shape index (κ1) is 22.1. The van der Waals surface area contributed by atoms with Crippen molar-refractivity contribution in [2.75, 3.05) is 19.8 Å². The molecule has 0 heterocycles. The molecule has 3 aromatic rings. The summed E-state index contributed by atoms with van der Waals surface area (Å²) in [5, 5.41) is 11.8. The van der Waals surface area contributed by atoms with Crippen molar-refractivity contribution < 1.29 is 19.4 Å². The molecule has 6 heteroatoms. The van der Waals surface area contributed by atoms with Crippen molar-refractivity contribution in [2.45, 2.75) is 12.6 Å². The molecule has 0 aliphatic carbocycles. The number of nitrogens with zero attached hydrogens (tertiary/aromatic N) is 1. The molecular weight excluding hydrogens is 392 g/mol. The number of hydrogen-bond acceptors (Lipinski definition) is 4. The Balaban J connectivity index is 1.90. The Morgan fingerprint density at radius 2 is 1.45 bits per heavy atom. The number of para-hydroxylation sites is 1. The summed E-state index contributed by atoms with van der Waals surface area (Å²) in [4.78, 5) is 27.9. The van der Waals surface area contributed by atoms with Crippen LogP contribution >= 0.6 is 0 Å². The highest BCUT2D eigenvalue weighted by Gasteiger charge is 2.31. The van der Waals surface area contributed by atoms with Crippen LogP contribution in [0.1, 0.15) is 17.2 Å². The molecule has 1 atom stereocenters. The van der Waals surface area contributed by atoms with Gasteiger partial charge in [0.15, 0.2) is 6.61 Å². The van der Waals surface area contributed by atoms with Crippen molar-refractivity contribution in [3.63, 3.8) is 0 Å². The van der Waals surface area contributed by atoms with Gasteiger partial charge < -0.3 is 20.1 Å². The van der Waals surface area contributed by atoms with Crippen molar-refractivity contribution in [1.82, 2.24) is 10.2 Å². The van der Waals surface area contributed by atoms with Crippen LogP contribution in [-0.4, -0.2) is 41.6 Å². The molecule has 0 fully saturated rings. The molecule has 160 valence electrons. The predicted molar refractivity (Wildman–Crippen MR) is 118 cm³/mol. The largest absolute Gasteiger partial charge is 0.484 e. The van der Waals surface area contributed by atoms with Gasteiger partial charge in [0.25, 0.3) is 5.91 Å². The molecule has 31 heavy (non-hydrogen) atoms. The van der Waals surface area contributed by atoms with E-state index in [-0.39, 0.29) is 38.1 Å². The van der Waals surface area contributed by atoms with Crippen LogP contribution in [0.4, 0.5) is 0 Å². The maximum absolute atomic E-state index is 13.3. The third-order valence-electron chi connectivity index (χ3n) is 4.71. The topological polar surface area (TPSA) is 78.9 Å². The Kier molecular flexibility index (Phi) is 8.20. The van der Waals surface area contributed by atoms with Gasteiger partial charge in [-0.2, -0.15) is 0 Å². The molecule has 0 aliphatic heterocycles. The average Bonchev–Trinajstić information content (AvgIpc) is 2.83. The van der Waals surface area contributed by atoms with Crippen LogP contribution in [0.15, 0.2) is 91.0 Å². The molecule has 3 rings (SSSR count). The van der Waals surface area contributed by atoms with Gasteiger partial charge in [-0.05, 0) is 23.3 Å². The first-order valence-electron chi connectivity index (χ1n) is 10.1. The van der Waals surface area contributed by atoms with Crippen LogP contribution in [0.25, 0.3) is 0 Å². The lowest BCUT2D eigenvalue weighted by Gasteiger charge is -2.31. The average molecular weight is 418 g/mol. The standard InChI is InChI=1S/C25H26N2O4/c28-17-16-26-25(30)24(21-12-6-2-7-13-21)27(18-20-10-4-1-5-11-20)23(29)19-31-22-14-8-3-9-15-22/h1-15,24,28H,16-19H2,(H,26,30)/t24-/m1/s1. The Labute approximate surface area is 182 Å². The number of aliphatic hydroxyl groups is 1. The number of nitrogens with one attached hydrogen (secondary N) is 1. The number of ether oxygens (including phenoxy) is 1. The maximum Gasteiger partial charge on any atom is 0.261 e. The maximum atomic E-state index is 13.3. The number of aliphatic hydroxyl groups excluding tert-OH is 1. The van der Waals surface area contributed by atoms with Gasteiger partial charge in [0.2, 0.25) is 5.91 Å². The number of carbonyl (C=O) groups excluding carboxylic acids is 2. The van der Waals surface area contributed by atoms with Gasteiger partial charge in [-0.3, -0.25) is 9.59 Å². The van der Waals surface area contributed by atoms with E-state index >= 15 is 0 Å². The van der Waals surface area contributed by atoms with Crippen LogP contribution < -0.4 is 10.1 Å². The van der Waals surface area contributed by atoms with Crippen LogP contribution in [0.5, 0.6) is 5.75 Å². The summed E-state index contributed by atoms with van der Waals surface area (Å²) in [6.45, 7) is -0.0373. The summed E-state index contributed by atoms with van der Waals surface area (Å²) in [7, 11) is 0. The van der Waals surface area contributed by atoms with E-state index in [2.05, 4.69) is 5.32 Å². The van der Waals surface area contributed by atoms with Gasteiger partial charge in [-0.25, -0.2) is 0 Å². The van der Waals surface area contributed by atoms with E-state index in [0.717, 1.165) is 5.56 Å². The molecule has 0 bridgehead atoms. The highest BCUT2D eigenvalue weighted by molar-refractivity contribution is 5.89. The lowest BCUT2D eigenvalue weighted by Crippen LogP contribution is -2.45. The van der Waals surface area contributed by atoms with E-state index in [1.165, 1.54) is 4.90 Å². The van der Waals surface area contributed by atoms with Gasteiger partial charge in [-0.15, -0.1) is 0 Å². The van der Waals surface area contributed by atoms with Crippen LogP contribution in [0.3, 0.4) is 0 Å². The summed E-state index contributed by atoms with van der Waals surface area (Å²) in [5.74, 6) is -0.0959. The van der Waals surface area contributed by atoms with E-state index in [1.54, 1.807) is 12.1 Å². The summed E-state index contributed by atoms with van der Waals surface area (Å²) in [6.07, 6.45) is 0. The molecule has 0 saturated heterocycles. The number of hydrogen-bond donors (Lipinski definition) is 2. The zero-order valence-electron chi connectivity index (χ0n) is 17.2. The molecule has 0 spiro atoms. The second-order valence-electron chi connectivity index (χ2n) is 6.94. The van der Waals surface area contributed by atoms with Crippen LogP contribution in [0, 0.1) is 0 Å². The Morgan fingerprint density at radius 3 is 2.06 bits per heavy atom. The van der Waals surface area contributed by atoms with Gasteiger partial charge in [0.1, 0.15) is 11.8 Å². The summed E-state index contributed by atoms with van der Waals surface area (Å²) in [6, 6.07) is 26.8. The first-order valence-corrected chi connectivity index (χ1v) is 10.1. The molecular formula is C25H26N2O4.